The highest BCUT2D eigenvalue weighted by atomic mass is 16.6. The van der Waals surface area contributed by atoms with Gasteiger partial charge in [0.05, 0.1) is 5.69 Å². The van der Waals surface area contributed by atoms with E-state index in [1.54, 1.807) is 16.7 Å². The van der Waals surface area contributed by atoms with Crippen LogP contribution in [-0.4, -0.2) is 17.8 Å². The molecule has 0 saturated carbocycles. The number of fused-ring (bicyclic) bond motifs is 1. The van der Waals surface area contributed by atoms with Crippen LogP contribution in [0.25, 0.3) is 11.3 Å². The van der Waals surface area contributed by atoms with Crippen LogP contribution in [0.4, 0.5) is 0 Å². The number of rotatable bonds is 2. The second kappa shape index (κ2) is 5.57. The van der Waals surface area contributed by atoms with Crippen LogP contribution in [0.5, 0.6) is 11.5 Å². The molecule has 3 rings (SSSR count). The summed E-state index contributed by atoms with van der Waals surface area (Å²) in [5.41, 5.74) is 1.50. The largest absolute Gasteiger partial charge is 0.486 e. The van der Waals surface area contributed by atoms with Crippen LogP contribution < -0.4 is 15.0 Å². The zero-order chi connectivity index (χ0) is 15.7. The molecule has 0 spiro atoms. The Kier molecular flexibility index (Phi) is 3.60. The summed E-state index contributed by atoms with van der Waals surface area (Å²) in [6, 6.07) is 10.9. The van der Waals surface area contributed by atoms with Gasteiger partial charge in [-0.1, -0.05) is 0 Å². The highest BCUT2D eigenvalue weighted by Gasteiger charge is 2.16. The maximum absolute atomic E-state index is 12.4. The molecule has 0 saturated heterocycles. The molecule has 1 aliphatic rings. The lowest BCUT2D eigenvalue weighted by Gasteiger charge is -2.21. The van der Waals surface area contributed by atoms with Crippen LogP contribution in [0.15, 0.2) is 35.1 Å². The number of ether oxygens (including phenoxy) is 2. The molecule has 2 heterocycles. The number of nitriles is 1. The van der Waals surface area contributed by atoms with Crippen molar-refractivity contribution in [2.24, 2.45) is 0 Å². The first-order chi connectivity index (χ1) is 10.6. The normalized spacial score (nSPS) is 13.0. The number of benzene rings is 1. The molecule has 0 fully saturated rings. The number of aromatic nitrogens is 1. The quantitative estimate of drug-likeness (QED) is 0.854. The van der Waals surface area contributed by atoms with Gasteiger partial charge in [-0.2, -0.15) is 5.26 Å². The van der Waals surface area contributed by atoms with Crippen LogP contribution in [0.1, 0.15) is 25.5 Å². The first-order valence-corrected chi connectivity index (χ1v) is 7.17. The van der Waals surface area contributed by atoms with Crippen LogP contribution in [0.3, 0.4) is 0 Å². The summed E-state index contributed by atoms with van der Waals surface area (Å²) in [6.07, 6.45) is 0. The van der Waals surface area contributed by atoms with Crippen molar-refractivity contribution in [1.29, 1.82) is 5.26 Å². The van der Waals surface area contributed by atoms with Crippen molar-refractivity contribution in [3.8, 4) is 28.8 Å². The Labute approximate surface area is 128 Å². The minimum atomic E-state index is -0.273. The topological polar surface area (TPSA) is 64.2 Å². The zero-order valence-electron chi connectivity index (χ0n) is 12.5. The third-order valence-electron chi connectivity index (χ3n) is 3.59. The molecule has 1 aromatic carbocycles. The number of hydrogen-bond donors (Lipinski definition) is 0. The second-order valence-corrected chi connectivity index (χ2v) is 5.37. The van der Waals surface area contributed by atoms with Crippen molar-refractivity contribution in [1.82, 2.24) is 4.57 Å². The minimum absolute atomic E-state index is 0.0519. The van der Waals surface area contributed by atoms with Crippen molar-refractivity contribution < 1.29 is 9.47 Å². The summed E-state index contributed by atoms with van der Waals surface area (Å²) in [5, 5.41) is 9.04. The van der Waals surface area contributed by atoms with Crippen molar-refractivity contribution in [3.63, 3.8) is 0 Å². The molecule has 0 amide bonds. The van der Waals surface area contributed by atoms with E-state index in [-0.39, 0.29) is 17.2 Å². The van der Waals surface area contributed by atoms with Gasteiger partial charge in [0, 0.05) is 11.6 Å². The maximum atomic E-state index is 12.4. The van der Waals surface area contributed by atoms with E-state index in [1.165, 1.54) is 0 Å². The van der Waals surface area contributed by atoms with E-state index < -0.39 is 0 Å². The summed E-state index contributed by atoms with van der Waals surface area (Å²) in [6.45, 7) is 4.90. The average Bonchev–Trinajstić information content (AvgIpc) is 2.53. The van der Waals surface area contributed by atoms with Crippen LogP contribution in [0.2, 0.25) is 0 Å². The molecule has 0 unspecified atom stereocenters. The van der Waals surface area contributed by atoms with E-state index in [0.29, 0.717) is 24.7 Å². The number of nitrogens with zero attached hydrogens (tertiary/aromatic N) is 2. The van der Waals surface area contributed by atoms with Gasteiger partial charge in [0.1, 0.15) is 24.8 Å². The van der Waals surface area contributed by atoms with E-state index >= 15 is 0 Å². The first-order valence-electron chi connectivity index (χ1n) is 7.17. The van der Waals surface area contributed by atoms with Gasteiger partial charge in [0.25, 0.3) is 5.56 Å². The van der Waals surface area contributed by atoms with E-state index in [2.05, 4.69) is 0 Å². The van der Waals surface area contributed by atoms with E-state index in [0.717, 1.165) is 11.3 Å². The first kappa shape index (κ1) is 14.2. The van der Waals surface area contributed by atoms with Gasteiger partial charge in [0.15, 0.2) is 11.5 Å². The molecule has 22 heavy (non-hydrogen) atoms. The Bertz CT molecular complexity index is 816. The van der Waals surface area contributed by atoms with E-state index in [1.807, 2.05) is 38.1 Å². The molecule has 1 aliphatic heterocycles. The number of pyridine rings is 1. The lowest BCUT2D eigenvalue weighted by molar-refractivity contribution is 0.171. The molecule has 1 aromatic heterocycles. The molecule has 5 heteroatoms. The fourth-order valence-corrected chi connectivity index (χ4v) is 2.59. The van der Waals surface area contributed by atoms with Gasteiger partial charge in [-0.15, -0.1) is 0 Å². The molecule has 0 aliphatic carbocycles. The zero-order valence-corrected chi connectivity index (χ0v) is 12.5. The highest BCUT2D eigenvalue weighted by molar-refractivity contribution is 5.65. The molecule has 0 atom stereocenters. The molecule has 2 aromatic rings. The summed E-state index contributed by atoms with van der Waals surface area (Å²) < 4.78 is 12.7. The molecular formula is C17H16N2O3. The Morgan fingerprint density at radius 2 is 1.86 bits per heavy atom. The van der Waals surface area contributed by atoms with Crippen molar-refractivity contribution in [2.45, 2.75) is 19.9 Å². The highest BCUT2D eigenvalue weighted by Crippen LogP contribution is 2.34. The third kappa shape index (κ3) is 2.33. The number of hydrogen-bond acceptors (Lipinski definition) is 4. The van der Waals surface area contributed by atoms with Crippen molar-refractivity contribution in [3.05, 3.63) is 46.2 Å². The summed E-state index contributed by atoms with van der Waals surface area (Å²) in [4.78, 5) is 12.4. The molecule has 5 nitrogen and oxygen atoms in total. The molecule has 0 N–H and O–H groups in total. The van der Waals surface area contributed by atoms with Crippen LogP contribution in [0, 0.1) is 11.3 Å². The Hall–Kier alpha value is -2.74. The SMILES string of the molecule is CC(C)n1c(-c2ccc3c(c2)OCCO3)ccc(C#N)c1=O. The second-order valence-electron chi connectivity index (χ2n) is 5.37. The van der Waals surface area contributed by atoms with Crippen LogP contribution in [-0.2, 0) is 0 Å². The summed E-state index contributed by atoms with van der Waals surface area (Å²) in [5.74, 6) is 1.39. The fourth-order valence-electron chi connectivity index (χ4n) is 2.59. The monoisotopic (exact) mass is 296 g/mol. The van der Waals surface area contributed by atoms with Gasteiger partial charge in [0.2, 0.25) is 0 Å². The Morgan fingerprint density at radius 1 is 1.14 bits per heavy atom. The average molecular weight is 296 g/mol. The predicted molar refractivity (Wildman–Crippen MR) is 82.2 cm³/mol. The third-order valence-corrected chi connectivity index (χ3v) is 3.59. The maximum Gasteiger partial charge on any atom is 0.269 e. The molecular weight excluding hydrogens is 280 g/mol. The lowest BCUT2D eigenvalue weighted by atomic mass is 10.1. The van der Waals surface area contributed by atoms with Gasteiger partial charge in [-0.05, 0) is 44.2 Å². The molecule has 0 bridgehead atoms. The van der Waals surface area contributed by atoms with Gasteiger partial charge in [-0.25, -0.2) is 0 Å². The molecule has 112 valence electrons. The summed E-state index contributed by atoms with van der Waals surface area (Å²) in [7, 11) is 0. The van der Waals surface area contributed by atoms with Gasteiger partial charge >= 0.3 is 0 Å². The lowest BCUT2D eigenvalue weighted by Crippen LogP contribution is -2.25. The minimum Gasteiger partial charge on any atom is -0.486 e. The summed E-state index contributed by atoms with van der Waals surface area (Å²) >= 11 is 0. The van der Waals surface area contributed by atoms with Gasteiger partial charge < -0.3 is 14.0 Å². The van der Waals surface area contributed by atoms with E-state index in [4.69, 9.17) is 14.7 Å². The Balaban J connectivity index is 2.18. The Morgan fingerprint density at radius 3 is 2.55 bits per heavy atom. The predicted octanol–water partition coefficient (Wildman–Crippen LogP) is 2.74. The smallest absolute Gasteiger partial charge is 0.269 e. The van der Waals surface area contributed by atoms with E-state index in [9.17, 15) is 4.79 Å². The molecule has 0 radical (unpaired) electrons. The van der Waals surface area contributed by atoms with Crippen molar-refractivity contribution in [2.75, 3.05) is 13.2 Å². The van der Waals surface area contributed by atoms with Crippen LogP contribution >= 0.6 is 0 Å². The van der Waals surface area contributed by atoms with Gasteiger partial charge in [-0.3, -0.25) is 4.79 Å². The standard InChI is InChI=1S/C17H16N2O3/c1-11(2)19-14(5-3-13(10-18)17(19)20)12-4-6-15-16(9-12)22-8-7-21-15/h3-6,9,11H,7-8H2,1-2H3. The van der Waals surface area contributed by atoms with Crippen molar-refractivity contribution >= 4 is 0 Å². The fraction of sp³-hybridized carbons (Fsp3) is 0.294.